The number of ether oxygens (including phenoxy) is 1. The largest absolute Gasteiger partial charge is 0.497 e. The van der Waals surface area contributed by atoms with Crippen molar-refractivity contribution in [1.82, 2.24) is 0 Å². The van der Waals surface area contributed by atoms with Crippen LogP contribution in [0.15, 0.2) is 78.9 Å². The lowest BCUT2D eigenvalue weighted by Gasteiger charge is -2.23. The molecule has 0 saturated carbocycles. The van der Waals surface area contributed by atoms with Crippen LogP contribution >= 0.6 is 0 Å². The Morgan fingerprint density at radius 3 is 2.42 bits per heavy atom. The van der Waals surface area contributed by atoms with Crippen LogP contribution in [-0.4, -0.2) is 42.5 Å². The maximum atomic E-state index is 14.9. The van der Waals surface area contributed by atoms with Crippen molar-refractivity contribution in [3.8, 4) is 5.75 Å². The second-order valence-corrected chi connectivity index (χ2v) is 8.09. The summed E-state index contributed by atoms with van der Waals surface area (Å²) in [5.41, 5.74) is 0.589. The van der Waals surface area contributed by atoms with Crippen molar-refractivity contribution in [2.45, 2.75) is 12.3 Å². The van der Waals surface area contributed by atoms with Crippen molar-refractivity contribution in [2.75, 3.05) is 23.9 Å². The number of alkyl halides is 2. The zero-order chi connectivity index (χ0) is 25.9. The van der Waals surface area contributed by atoms with Gasteiger partial charge in [-0.25, -0.2) is 13.6 Å². The van der Waals surface area contributed by atoms with Gasteiger partial charge in [0, 0.05) is 47.0 Å². The van der Waals surface area contributed by atoms with Gasteiger partial charge in [-0.1, -0.05) is 24.3 Å². The Hall–Kier alpha value is -4.53. The normalized spacial score (nSPS) is 15.5. The lowest BCUT2D eigenvalue weighted by Crippen LogP contribution is -2.33. The number of nitrogens with one attached hydrogen (secondary N) is 1. The SMILES string of the molecule is COc1cccc(C(=O)Nc2ccc(C(=O)N3CCC(F)(F)C(=CC(=O)O)c4ccccc43)cc2)c1. The van der Waals surface area contributed by atoms with Gasteiger partial charge >= 0.3 is 5.97 Å². The molecule has 0 radical (unpaired) electrons. The molecule has 9 heteroatoms. The quantitative estimate of drug-likeness (QED) is 0.483. The number of hydrogen-bond acceptors (Lipinski definition) is 4. The van der Waals surface area contributed by atoms with E-state index in [1.807, 2.05) is 0 Å². The van der Waals surface area contributed by atoms with Crippen molar-refractivity contribution >= 4 is 34.7 Å². The number of anilines is 2. The van der Waals surface area contributed by atoms with Crippen LogP contribution in [0.1, 0.15) is 32.7 Å². The smallest absolute Gasteiger partial charge is 0.328 e. The van der Waals surface area contributed by atoms with E-state index >= 15 is 0 Å². The molecule has 0 bridgehead atoms. The maximum absolute atomic E-state index is 14.9. The van der Waals surface area contributed by atoms with Crippen LogP contribution in [0.3, 0.4) is 0 Å². The van der Waals surface area contributed by atoms with Gasteiger partial charge in [-0.05, 0) is 48.5 Å². The fourth-order valence-corrected chi connectivity index (χ4v) is 3.98. The summed E-state index contributed by atoms with van der Waals surface area (Å²) in [6.45, 7) is -0.311. The van der Waals surface area contributed by atoms with Crippen molar-refractivity contribution in [1.29, 1.82) is 0 Å². The molecule has 1 aliphatic rings. The van der Waals surface area contributed by atoms with E-state index in [2.05, 4.69) is 5.32 Å². The number of carboxylic acid groups (broad SMARTS) is 1. The summed E-state index contributed by atoms with van der Waals surface area (Å²) in [4.78, 5) is 38.3. The van der Waals surface area contributed by atoms with Gasteiger partial charge in [0.15, 0.2) is 0 Å². The molecule has 2 N–H and O–H groups in total. The Morgan fingerprint density at radius 1 is 1.00 bits per heavy atom. The number of para-hydroxylation sites is 1. The van der Waals surface area contributed by atoms with E-state index in [9.17, 15) is 23.2 Å². The number of carbonyl (C=O) groups is 3. The number of nitrogens with zero attached hydrogens (tertiary/aromatic N) is 1. The standard InChI is InChI=1S/C27H22F2N2O5/c1-36-20-6-4-5-18(15-20)25(34)30-19-11-9-17(10-12-19)26(35)31-14-13-27(28,29)22(16-24(32)33)21-7-2-3-8-23(21)31/h2-12,15-16H,13-14H2,1H3,(H,30,34)(H,32,33). The number of allylic oxidation sites excluding steroid dienone is 1. The van der Waals surface area contributed by atoms with Crippen LogP contribution < -0.4 is 15.0 Å². The van der Waals surface area contributed by atoms with Crippen molar-refractivity contribution < 1.29 is 33.0 Å². The number of rotatable bonds is 5. The topological polar surface area (TPSA) is 95.9 Å². The molecular weight excluding hydrogens is 470 g/mol. The fourth-order valence-electron chi connectivity index (χ4n) is 3.98. The minimum atomic E-state index is -3.43. The molecule has 1 aliphatic heterocycles. The van der Waals surface area contributed by atoms with Crippen molar-refractivity contribution in [3.63, 3.8) is 0 Å². The van der Waals surface area contributed by atoms with Crippen LogP contribution in [0.5, 0.6) is 5.75 Å². The Labute approximate surface area is 205 Å². The maximum Gasteiger partial charge on any atom is 0.328 e. The van der Waals surface area contributed by atoms with E-state index in [-0.39, 0.29) is 29.3 Å². The number of amides is 2. The first kappa shape index (κ1) is 24.6. The molecule has 4 rings (SSSR count). The fraction of sp³-hybridized carbons (Fsp3) is 0.148. The molecule has 184 valence electrons. The van der Waals surface area contributed by atoms with E-state index in [1.54, 1.807) is 42.5 Å². The molecule has 36 heavy (non-hydrogen) atoms. The third kappa shape index (κ3) is 5.10. The third-order valence-corrected chi connectivity index (χ3v) is 5.76. The Morgan fingerprint density at radius 2 is 1.72 bits per heavy atom. The molecule has 7 nitrogen and oxygen atoms in total. The molecule has 3 aromatic rings. The summed E-state index contributed by atoms with van der Waals surface area (Å²) >= 11 is 0. The zero-order valence-corrected chi connectivity index (χ0v) is 19.2. The molecule has 1 heterocycles. The third-order valence-electron chi connectivity index (χ3n) is 5.76. The van der Waals surface area contributed by atoms with Crippen LogP contribution in [0.4, 0.5) is 20.2 Å². The van der Waals surface area contributed by atoms with E-state index in [1.165, 1.54) is 42.3 Å². The van der Waals surface area contributed by atoms with Crippen LogP contribution in [0.2, 0.25) is 0 Å². The van der Waals surface area contributed by atoms with Crippen molar-refractivity contribution in [2.24, 2.45) is 0 Å². The number of fused-ring (bicyclic) bond motifs is 1. The number of methoxy groups -OCH3 is 1. The zero-order valence-electron chi connectivity index (χ0n) is 19.2. The van der Waals surface area contributed by atoms with E-state index < -0.39 is 29.8 Å². The van der Waals surface area contributed by atoms with Gasteiger partial charge in [-0.15, -0.1) is 0 Å². The lowest BCUT2D eigenvalue weighted by molar-refractivity contribution is -0.131. The molecule has 0 atom stereocenters. The van der Waals surface area contributed by atoms with Gasteiger partial charge in [0.1, 0.15) is 5.75 Å². The van der Waals surface area contributed by atoms with Gasteiger partial charge in [-0.2, -0.15) is 0 Å². The molecule has 3 aromatic carbocycles. The highest BCUT2D eigenvalue weighted by atomic mass is 19.3. The molecule has 0 saturated heterocycles. The summed E-state index contributed by atoms with van der Waals surface area (Å²) in [5, 5.41) is 11.9. The van der Waals surface area contributed by atoms with Gasteiger partial charge in [0.2, 0.25) is 0 Å². The van der Waals surface area contributed by atoms with Crippen molar-refractivity contribution in [3.05, 3.63) is 95.6 Å². The van der Waals surface area contributed by atoms with E-state index in [4.69, 9.17) is 9.84 Å². The summed E-state index contributed by atoms with van der Waals surface area (Å²) < 4.78 is 34.8. The highest BCUT2D eigenvalue weighted by Crippen LogP contribution is 2.43. The van der Waals surface area contributed by atoms with Gasteiger partial charge < -0.3 is 20.1 Å². The number of benzene rings is 3. The van der Waals surface area contributed by atoms with E-state index in [0.717, 1.165) is 0 Å². The molecule has 2 amide bonds. The van der Waals surface area contributed by atoms with Gasteiger partial charge in [0.25, 0.3) is 17.7 Å². The summed E-state index contributed by atoms with van der Waals surface area (Å²) in [6, 6.07) is 18.7. The Balaban J connectivity index is 1.59. The average molecular weight is 492 g/mol. The van der Waals surface area contributed by atoms with Crippen LogP contribution in [0, 0.1) is 0 Å². The lowest BCUT2D eigenvalue weighted by atomic mass is 9.97. The highest BCUT2D eigenvalue weighted by Gasteiger charge is 2.41. The molecule has 0 fully saturated rings. The summed E-state index contributed by atoms with van der Waals surface area (Å²) in [7, 11) is 1.50. The number of hydrogen-bond donors (Lipinski definition) is 2. The average Bonchev–Trinajstić information content (AvgIpc) is 2.98. The molecule has 0 aliphatic carbocycles. The minimum absolute atomic E-state index is 0.0158. The highest BCUT2D eigenvalue weighted by molar-refractivity contribution is 6.09. The monoisotopic (exact) mass is 492 g/mol. The first-order chi connectivity index (χ1) is 17.2. The molecule has 0 aromatic heterocycles. The first-order valence-electron chi connectivity index (χ1n) is 11.0. The minimum Gasteiger partial charge on any atom is -0.497 e. The van der Waals surface area contributed by atoms with Gasteiger partial charge in [0.05, 0.1) is 12.8 Å². The van der Waals surface area contributed by atoms with Crippen LogP contribution in [-0.2, 0) is 4.79 Å². The second-order valence-electron chi connectivity index (χ2n) is 8.09. The predicted molar refractivity (Wildman–Crippen MR) is 131 cm³/mol. The number of aliphatic carboxylic acids is 1. The Kier molecular flexibility index (Phi) is 6.82. The molecule has 0 spiro atoms. The summed E-state index contributed by atoms with van der Waals surface area (Å²) in [5.74, 6) is -5.29. The first-order valence-corrected chi connectivity index (χ1v) is 11.0. The number of carbonyl (C=O) groups excluding carboxylic acids is 2. The van der Waals surface area contributed by atoms with Gasteiger partial charge in [-0.3, -0.25) is 9.59 Å². The number of halogens is 2. The van der Waals surface area contributed by atoms with E-state index in [0.29, 0.717) is 23.1 Å². The van der Waals surface area contributed by atoms with Crippen LogP contribution in [0.25, 0.3) is 5.57 Å². The Bertz CT molecular complexity index is 1350. The molecule has 0 unspecified atom stereocenters. The molecular formula is C27H22F2N2O5. The number of carboxylic acids is 1. The second kappa shape index (κ2) is 9.99. The summed E-state index contributed by atoms with van der Waals surface area (Å²) in [6.07, 6.45) is -0.242. The predicted octanol–water partition coefficient (Wildman–Crippen LogP) is 5.10.